The van der Waals surface area contributed by atoms with Gasteiger partial charge < -0.3 is 10.1 Å². The summed E-state index contributed by atoms with van der Waals surface area (Å²) in [6, 6.07) is 3.32. The third-order valence-electron chi connectivity index (χ3n) is 3.34. The van der Waals surface area contributed by atoms with Crippen LogP contribution in [0, 0.1) is 0 Å². The number of nitrogens with zero attached hydrogens (tertiary/aromatic N) is 2. The molecule has 1 unspecified atom stereocenters. The minimum atomic E-state index is -3.54. The Bertz CT molecular complexity index is 524. The maximum atomic E-state index is 12.4. The second kappa shape index (κ2) is 6.62. The van der Waals surface area contributed by atoms with E-state index in [1.807, 2.05) is 7.05 Å². The first-order chi connectivity index (χ1) is 9.54. The number of pyridine rings is 1. The van der Waals surface area contributed by atoms with Gasteiger partial charge in [0.2, 0.25) is 0 Å². The summed E-state index contributed by atoms with van der Waals surface area (Å²) < 4.78 is 31.6. The van der Waals surface area contributed by atoms with Gasteiger partial charge in [-0.15, -0.1) is 0 Å². The molecule has 1 atom stereocenters. The summed E-state index contributed by atoms with van der Waals surface area (Å²) in [4.78, 5) is 4.05. The SMILES string of the molecule is CNCc1ccc(S(=O)(=O)N(C)CC2CCCO2)nc1. The molecule has 20 heavy (non-hydrogen) atoms. The molecule has 0 aliphatic carbocycles. The van der Waals surface area contributed by atoms with Crippen LogP contribution in [0.4, 0.5) is 0 Å². The van der Waals surface area contributed by atoms with Crippen molar-refractivity contribution in [3.05, 3.63) is 23.9 Å². The zero-order chi connectivity index (χ0) is 14.6. The van der Waals surface area contributed by atoms with E-state index in [0.29, 0.717) is 13.1 Å². The highest BCUT2D eigenvalue weighted by atomic mass is 32.2. The van der Waals surface area contributed by atoms with Crippen molar-refractivity contribution < 1.29 is 13.2 Å². The summed E-state index contributed by atoms with van der Waals surface area (Å²) in [5, 5.41) is 3.08. The molecule has 1 N–H and O–H groups in total. The number of ether oxygens (including phenoxy) is 1. The van der Waals surface area contributed by atoms with Crippen molar-refractivity contribution >= 4 is 10.0 Å². The average molecular weight is 299 g/mol. The zero-order valence-electron chi connectivity index (χ0n) is 11.9. The molecule has 112 valence electrons. The van der Waals surface area contributed by atoms with Gasteiger partial charge in [-0.2, -0.15) is 4.31 Å². The number of rotatable bonds is 6. The van der Waals surface area contributed by atoms with Crippen LogP contribution in [-0.2, 0) is 21.3 Å². The monoisotopic (exact) mass is 299 g/mol. The normalized spacial score (nSPS) is 19.6. The number of aromatic nitrogens is 1. The Labute approximate surface area is 120 Å². The van der Waals surface area contributed by atoms with Crippen molar-refractivity contribution in [3.8, 4) is 0 Å². The van der Waals surface area contributed by atoms with Gasteiger partial charge in [-0.05, 0) is 31.5 Å². The molecule has 2 rings (SSSR count). The van der Waals surface area contributed by atoms with E-state index in [0.717, 1.165) is 25.0 Å². The molecule has 1 saturated heterocycles. The maximum absolute atomic E-state index is 12.4. The zero-order valence-corrected chi connectivity index (χ0v) is 12.7. The smallest absolute Gasteiger partial charge is 0.260 e. The van der Waals surface area contributed by atoms with Gasteiger partial charge in [-0.3, -0.25) is 0 Å². The van der Waals surface area contributed by atoms with Gasteiger partial charge in [0.1, 0.15) is 0 Å². The lowest BCUT2D eigenvalue weighted by Gasteiger charge is -2.20. The molecule has 0 spiro atoms. The molecule has 0 radical (unpaired) electrons. The van der Waals surface area contributed by atoms with E-state index in [1.54, 1.807) is 25.4 Å². The fourth-order valence-corrected chi connectivity index (χ4v) is 3.31. The Morgan fingerprint density at radius 2 is 2.30 bits per heavy atom. The lowest BCUT2D eigenvalue weighted by atomic mass is 10.2. The van der Waals surface area contributed by atoms with Crippen molar-refractivity contribution in [1.29, 1.82) is 0 Å². The van der Waals surface area contributed by atoms with Crippen LogP contribution in [0.15, 0.2) is 23.4 Å². The molecule has 1 aromatic rings. The quantitative estimate of drug-likeness (QED) is 0.833. The predicted octanol–water partition coefficient (Wildman–Crippen LogP) is 0.600. The molecule has 1 aliphatic rings. The van der Waals surface area contributed by atoms with E-state index in [-0.39, 0.29) is 11.1 Å². The maximum Gasteiger partial charge on any atom is 0.260 e. The fraction of sp³-hybridized carbons (Fsp3) is 0.615. The van der Waals surface area contributed by atoms with Crippen molar-refractivity contribution in [2.45, 2.75) is 30.5 Å². The van der Waals surface area contributed by atoms with Crippen LogP contribution in [0.1, 0.15) is 18.4 Å². The number of hydrogen-bond donors (Lipinski definition) is 1. The molecule has 1 fully saturated rings. The van der Waals surface area contributed by atoms with E-state index in [9.17, 15) is 8.42 Å². The van der Waals surface area contributed by atoms with Crippen molar-refractivity contribution in [3.63, 3.8) is 0 Å². The predicted molar refractivity (Wildman–Crippen MR) is 75.8 cm³/mol. The van der Waals surface area contributed by atoms with Gasteiger partial charge in [-0.1, -0.05) is 6.07 Å². The Kier molecular flexibility index (Phi) is 5.09. The van der Waals surface area contributed by atoms with Crippen LogP contribution in [0.3, 0.4) is 0 Å². The number of hydrogen-bond acceptors (Lipinski definition) is 5. The number of likely N-dealkylation sites (N-methyl/N-ethyl adjacent to an activating group) is 1. The highest BCUT2D eigenvalue weighted by Gasteiger charge is 2.26. The Balaban J connectivity index is 2.07. The highest BCUT2D eigenvalue weighted by molar-refractivity contribution is 7.89. The summed E-state index contributed by atoms with van der Waals surface area (Å²) >= 11 is 0. The van der Waals surface area contributed by atoms with E-state index in [2.05, 4.69) is 10.3 Å². The van der Waals surface area contributed by atoms with E-state index >= 15 is 0 Å². The van der Waals surface area contributed by atoms with Crippen LogP contribution in [0.5, 0.6) is 0 Å². The van der Waals surface area contributed by atoms with Gasteiger partial charge >= 0.3 is 0 Å². The lowest BCUT2D eigenvalue weighted by molar-refractivity contribution is 0.0978. The van der Waals surface area contributed by atoms with Gasteiger partial charge in [0.25, 0.3) is 10.0 Å². The summed E-state index contributed by atoms with van der Waals surface area (Å²) in [5.74, 6) is 0. The molecule has 6 nitrogen and oxygen atoms in total. The molecule has 7 heteroatoms. The highest BCUT2D eigenvalue weighted by Crippen LogP contribution is 2.17. The molecule has 2 heterocycles. The third-order valence-corrected chi connectivity index (χ3v) is 5.08. The minimum Gasteiger partial charge on any atom is -0.377 e. The second-order valence-corrected chi connectivity index (χ2v) is 6.95. The van der Waals surface area contributed by atoms with Gasteiger partial charge in [0, 0.05) is 32.9 Å². The first-order valence-corrected chi connectivity index (χ1v) is 8.15. The van der Waals surface area contributed by atoms with Gasteiger partial charge in [0.15, 0.2) is 5.03 Å². The van der Waals surface area contributed by atoms with Crippen molar-refractivity contribution in [2.75, 3.05) is 27.2 Å². The average Bonchev–Trinajstić information content (AvgIpc) is 2.92. The summed E-state index contributed by atoms with van der Waals surface area (Å²) in [5.41, 5.74) is 0.952. The molecular weight excluding hydrogens is 278 g/mol. The minimum absolute atomic E-state index is 0.00154. The van der Waals surface area contributed by atoms with E-state index in [1.165, 1.54) is 4.31 Å². The summed E-state index contributed by atoms with van der Waals surface area (Å²) in [6.45, 7) is 1.76. The summed E-state index contributed by atoms with van der Waals surface area (Å²) in [7, 11) is -0.133. The van der Waals surface area contributed by atoms with Crippen LogP contribution < -0.4 is 5.32 Å². The second-order valence-electron chi connectivity index (χ2n) is 4.96. The van der Waals surface area contributed by atoms with Crippen molar-refractivity contribution in [2.24, 2.45) is 0 Å². The molecule has 1 aliphatic heterocycles. The largest absolute Gasteiger partial charge is 0.377 e. The molecule has 1 aromatic heterocycles. The topological polar surface area (TPSA) is 71.5 Å². The molecule has 0 bridgehead atoms. The molecule has 0 amide bonds. The van der Waals surface area contributed by atoms with E-state index < -0.39 is 10.0 Å². The van der Waals surface area contributed by atoms with Gasteiger partial charge in [0.05, 0.1) is 6.10 Å². The fourth-order valence-electron chi connectivity index (χ4n) is 2.21. The molecular formula is C13H21N3O3S. The number of sulfonamides is 1. The van der Waals surface area contributed by atoms with Crippen LogP contribution in [0.2, 0.25) is 0 Å². The first-order valence-electron chi connectivity index (χ1n) is 6.71. The lowest BCUT2D eigenvalue weighted by Crippen LogP contribution is -2.34. The first kappa shape index (κ1) is 15.4. The molecule has 0 saturated carbocycles. The Hall–Kier alpha value is -1.02. The van der Waals surface area contributed by atoms with Crippen LogP contribution in [-0.4, -0.2) is 51.1 Å². The molecule has 0 aromatic carbocycles. The van der Waals surface area contributed by atoms with Crippen molar-refractivity contribution in [1.82, 2.24) is 14.6 Å². The standard InChI is InChI=1S/C13H21N3O3S/c1-14-8-11-5-6-13(15-9-11)20(17,18)16(2)10-12-4-3-7-19-12/h5-6,9,12,14H,3-4,7-8,10H2,1-2H3. The Morgan fingerprint density at radius 1 is 1.50 bits per heavy atom. The number of nitrogens with one attached hydrogen (secondary N) is 1. The van der Waals surface area contributed by atoms with Gasteiger partial charge in [-0.25, -0.2) is 13.4 Å². The summed E-state index contributed by atoms with van der Waals surface area (Å²) in [6.07, 6.45) is 3.49. The Morgan fingerprint density at radius 3 is 2.85 bits per heavy atom. The van der Waals surface area contributed by atoms with Crippen LogP contribution in [0.25, 0.3) is 0 Å². The van der Waals surface area contributed by atoms with E-state index in [4.69, 9.17) is 4.74 Å². The van der Waals surface area contributed by atoms with Crippen LogP contribution >= 0.6 is 0 Å². The third kappa shape index (κ3) is 3.54.